The molecule has 1 rings (SSSR count). The van der Waals surface area contributed by atoms with E-state index in [0.717, 1.165) is 5.56 Å². The van der Waals surface area contributed by atoms with Crippen molar-refractivity contribution >= 4 is 33.2 Å². The highest BCUT2D eigenvalue weighted by atomic mass is 35.5. The normalized spacial score (nSPS) is 13.6. The van der Waals surface area contributed by atoms with E-state index in [1.54, 1.807) is 25.1 Å². The first-order valence-corrected chi connectivity index (χ1v) is 7.83. The lowest BCUT2D eigenvalue weighted by molar-refractivity contribution is 0.566. The number of alkyl halides is 1. The van der Waals surface area contributed by atoms with E-state index in [1.807, 2.05) is 6.07 Å². The Morgan fingerprint density at radius 3 is 2.59 bits per heavy atom. The number of nitrogens with one attached hydrogen (secondary N) is 1. The Kier molecular flexibility index (Phi) is 5.73. The van der Waals surface area contributed by atoms with E-state index in [4.69, 9.17) is 23.2 Å². The van der Waals surface area contributed by atoms with Crippen LogP contribution >= 0.6 is 23.2 Å². The van der Waals surface area contributed by atoms with Crippen molar-refractivity contribution in [1.82, 2.24) is 4.72 Å². The number of halogens is 2. The average Bonchev–Trinajstić information content (AvgIpc) is 2.26. The predicted molar refractivity (Wildman–Crippen MR) is 72.1 cm³/mol. The Labute approximate surface area is 112 Å². The monoisotopic (exact) mass is 295 g/mol. The molecular formula is C11H15Cl2NO2S. The summed E-state index contributed by atoms with van der Waals surface area (Å²) in [5, 5.41) is 0.556. The Bertz CT molecular complexity index is 462. The molecule has 0 unspecified atom stereocenters. The van der Waals surface area contributed by atoms with Gasteiger partial charge < -0.3 is 0 Å². The molecule has 96 valence electrons. The Morgan fingerprint density at radius 2 is 2.00 bits per heavy atom. The van der Waals surface area contributed by atoms with Gasteiger partial charge >= 0.3 is 0 Å². The zero-order chi connectivity index (χ0) is 12.9. The Morgan fingerprint density at radius 1 is 1.35 bits per heavy atom. The van der Waals surface area contributed by atoms with Gasteiger partial charge in [0.05, 0.1) is 5.75 Å². The second kappa shape index (κ2) is 6.59. The van der Waals surface area contributed by atoms with Crippen molar-refractivity contribution in [3.63, 3.8) is 0 Å². The molecule has 0 aromatic heterocycles. The van der Waals surface area contributed by atoms with Gasteiger partial charge in [-0.1, -0.05) is 29.8 Å². The van der Waals surface area contributed by atoms with Crippen LogP contribution in [0.3, 0.4) is 0 Å². The molecule has 1 N–H and O–H groups in total. The van der Waals surface area contributed by atoms with Crippen LogP contribution in [0, 0.1) is 0 Å². The van der Waals surface area contributed by atoms with Crippen molar-refractivity contribution in [1.29, 1.82) is 0 Å². The maximum atomic E-state index is 11.7. The van der Waals surface area contributed by atoms with E-state index < -0.39 is 10.0 Å². The van der Waals surface area contributed by atoms with Gasteiger partial charge in [-0.15, -0.1) is 11.6 Å². The summed E-state index contributed by atoms with van der Waals surface area (Å²) in [6.07, 6.45) is 0.437. The number of rotatable bonds is 6. The summed E-state index contributed by atoms with van der Waals surface area (Å²) in [6.45, 7) is 1.76. The lowest BCUT2D eigenvalue weighted by Crippen LogP contribution is -2.29. The maximum absolute atomic E-state index is 11.7. The quantitative estimate of drug-likeness (QED) is 0.820. The molecule has 0 amide bonds. The third-order valence-electron chi connectivity index (χ3n) is 2.27. The van der Waals surface area contributed by atoms with Crippen LogP contribution in [0.5, 0.6) is 0 Å². The molecule has 0 fully saturated rings. The Hall–Kier alpha value is -0.290. The molecule has 0 aliphatic heterocycles. The van der Waals surface area contributed by atoms with Gasteiger partial charge in [-0.25, -0.2) is 13.1 Å². The zero-order valence-electron chi connectivity index (χ0n) is 9.49. The Balaban J connectivity index is 2.73. The molecule has 0 saturated carbocycles. The van der Waals surface area contributed by atoms with Gasteiger partial charge in [0, 0.05) is 16.9 Å². The van der Waals surface area contributed by atoms with E-state index in [1.165, 1.54) is 0 Å². The number of hydrogen-bond donors (Lipinski definition) is 1. The SMILES string of the molecule is C[C@@H](NS(=O)(=O)CCCCl)c1ccccc1Cl. The molecule has 0 aliphatic rings. The number of benzene rings is 1. The van der Waals surface area contributed by atoms with Crippen molar-refractivity contribution in [3.05, 3.63) is 34.9 Å². The first kappa shape index (κ1) is 14.8. The van der Waals surface area contributed by atoms with Gasteiger partial charge in [-0.05, 0) is 25.0 Å². The van der Waals surface area contributed by atoms with E-state index in [2.05, 4.69) is 4.72 Å². The van der Waals surface area contributed by atoms with E-state index >= 15 is 0 Å². The summed E-state index contributed by atoms with van der Waals surface area (Å²) in [5.74, 6) is 0.368. The maximum Gasteiger partial charge on any atom is 0.212 e. The van der Waals surface area contributed by atoms with Crippen LogP contribution < -0.4 is 4.72 Å². The second-order valence-corrected chi connectivity index (χ2v) is 6.38. The standard InChI is InChI=1S/C11H15Cl2NO2S/c1-9(10-5-2-3-6-11(10)13)14-17(15,16)8-4-7-12/h2-3,5-6,9,14H,4,7-8H2,1H3/t9-/m1/s1. The van der Waals surface area contributed by atoms with Gasteiger partial charge in [0.2, 0.25) is 10.0 Å². The average molecular weight is 296 g/mol. The van der Waals surface area contributed by atoms with Gasteiger partial charge in [0.1, 0.15) is 0 Å². The van der Waals surface area contributed by atoms with Crippen molar-refractivity contribution in [3.8, 4) is 0 Å². The van der Waals surface area contributed by atoms with E-state index in [0.29, 0.717) is 17.3 Å². The van der Waals surface area contributed by atoms with Crippen LogP contribution in [0.25, 0.3) is 0 Å². The third-order valence-corrected chi connectivity index (χ3v) is 4.43. The summed E-state index contributed by atoms with van der Waals surface area (Å²) in [4.78, 5) is 0. The van der Waals surface area contributed by atoms with Gasteiger partial charge in [-0.3, -0.25) is 0 Å². The van der Waals surface area contributed by atoms with Gasteiger partial charge in [-0.2, -0.15) is 0 Å². The molecule has 0 heterocycles. The van der Waals surface area contributed by atoms with Crippen molar-refractivity contribution in [2.45, 2.75) is 19.4 Å². The summed E-state index contributed by atoms with van der Waals surface area (Å²) in [6, 6.07) is 6.83. The summed E-state index contributed by atoms with van der Waals surface area (Å²) in [7, 11) is -3.30. The minimum Gasteiger partial charge on any atom is -0.212 e. The molecular weight excluding hydrogens is 281 g/mol. The molecule has 6 heteroatoms. The second-order valence-electron chi connectivity index (χ2n) is 3.72. The van der Waals surface area contributed by atoms with Crippen LogP contribution in [0.2, 0.25) is 5.02 Å². The fourth-order valence-corrected chi connectivity index (χ4v) is 3.36. The van der Waals surface area contributed by atoms with Crippen LogP contribution in [-0.2, 0) is 10.0 Å². The van der Waals surface area contributed by atoms with Crippen molar-refractivity contribution < 1.29 is 8.42 Å². The first-order chi connectivity index (χ1) is 7.96. The lowest BCUT2D eigenvalue weighted by Gasteiger charge is -2.15. The molecule has 1 atom stereocenters. The molecule has 1 aromatic rings. The lowest BCUT2D eigenvalue weighted by atomic mass is 10.1. The smallest absolute Gasteiger partial charge is 0.212 e. The van der Waals surface area contributed by atoms with Crippen LogP contribution in [0.4, 0.5) is 0 Å². The first-order valence-electron chi connectivity index (χ1n) is 5.26. The number of sulfonamides is 1. The van der Waals surface area contributed by atoms with E-state index in [9.17, 15) is 8.42 Å². The highest BCUT2D eigenvalue weighted by Gasteiger charge is 2.16. The summed E-state index contributed by atoms with van der Waals surface area (Å²) < 4.78 is 25.9. The highest BCUT2D eigenvalue weighted by molar-refractivity contribution is 7.89. The van der Waals surface area contributed by atoms with E-state index in [-0.39, 0.29) is 11.8 Å². The minimum absolute atomic E-state index is 0.0330. The van der Waals surface area contributed by atoms with Crippen molar-refractivity contribution in [2.24, 2.45) is 0 Å². The molecule has 3 nitrogen and oxygen atoms in total. The number of hydrogen-bond acceptors (Lipinski definition) is 2. The van der Waals surface area contributed by atoms with Crippen LogP contribution in [0.15, 0.2) is 24.3 Å². The molecule has 17 heavy (non-hydrogen) atoms. The van der Waals surface area contributed by atoms with Gasteiger partial charge in [0.15, 0.2) is 0 Å². The molecule has 1 aromatic carbocycles. The fourth-order valence-electron chi connectivity index (χ4n) is 1.46. The third kappa shape index (κ3) is 4.84. The molecule has 0 aliphatic carbocycles. The summed E-state index contributed by atoms with van der Waals surface area (Å²) in [5.41, 5.74) is 0.767. The zero-order valence-corrected chi connectivity index (χ0v) is 11.8. The minimum atomic E-state index is -3.30. The largest absolute Gasteiger partial charge is 0.212 e. The van der Waals surface area contributed by atoms with Gasteiger partial charge in [0.25, 0.3) is 0 Å². The van der Waals surface area contributed by atoms with Crippen LogP contribution in [0.1, 0.15) is 24.9 Å². The molecule has 0 spiro atoms. The molecule has 0 bridgehead atoms. The fraction of sp³-hybridized carbons (Fsp3) is 0.455. The van der Waals surface area contributed by atoms with Crippen molar-refractivity contribution in [2.75, 3.05) is 11.6 Å². The summed E-state index contributed by atoms with van der Waals surface area (Å²) >= 11 is 11.5. The van der Waals surface area contributed by atoms with Crippen LogP contribution in [-0.4, -0.2) is 20.1 Å². The topological polar surface area (TPSA) is 46.2 Å². The predicted octanol–water partition coefficient (Wildman–Crippen LogP) is 2.95. The highest BCUT2D eigenvalue weighted by Crippen LogP contribution is 2.22. The molecule has 0 radical (unpaired) electrons. The molecule has 0 saturated heterocycles.